The normalized spacial score (nSPS) is 15.8. The van der Waals surface area contributed by atoms with Gasteiger partial charge in [-0.2, -0.15) is 0 Å². The Bertz CT molecular complexity index is 1320. The second-order valence-electron chi connectivity index (χ2n) is 8.72. The molecule has 0 atom stereocenters. The van der Waals surface area contributed by atoms with Gasteiger partial charge in [-0.15, -0.1) is 0 Å². The highest BCUT2D eigenvalue weighted by atomic mass is 16.2. The monoisotopic (exact) mass is 422 g/mol. The van der Waals surface area contributed by atoms with Gasteiger partial charge in [0.25, 0.3) is 11.8 Å². The third kappa shape index (κ3) is 2.98. The van der Waals surface area contributed by atoms with Crippen LogP contribution in [0.4, 0.5) is 11.4 Å². The van der Waals surface area contributed by atoms with E-state index in [2.05, 4.69) is 13.0 Å². The number of carbonyl (C=O) groups excluding carboxylic acids is 2. The van der Waals surface area contributed by atoms with E-state index in [1.165, 1.54) is 10.5 Å². The summed E-state index contributed by atoms with van der Waals surface area (Å²) in [6.07, 6.45) is 0.852. The van der Waals surface area contributed by atoms with Crippen LogP contribution in [0.2, 0.25) is 0 Å². The number of amides is 2. The molecule has 0 aliphatic carbocycles. The molecule has 5 rings (SSSR count). The molecule has 4 nitrogen and oxygen atoms in total. The quantitative estimate of drug-likeness (QED) is 0.540. The van der Waals surface area contributed by atoms with Crippen LogP contribution >= 0.6 is 0 Å². The minimum atomic E-state index is -0.258. The number of hydrogen-bond donors (Lipinski definition) is 0. The van der Waals surface area contributed by atoms with Crippen molar-refractivity contribution in [2.75, 3.05) is 16.3 Å². The Balaban J connectivity index is 1.72. The Kier molecular flexibility index (Phi) is 4.74. The van der Waals surface area contributed by atoms with Crippen LogP contribution in [0, 0.1) is 27.7 Å². The highest BCUT2D eigenvalue weighted by Crippen LogP contribution is 2.41. The number of para-hydroxylation sites is 1. The second kappa shape index (κ2) is 7.49. The van der Waals surface area contributed by atoms with Gasteiger partial charge in [-0.05, 0) is 79.6 Å². The van der Waals surface area contributed by atoms with Crippen molar-refractivity contribution in [3.05, 3.63) is 99.7 Å². The Morgan fingerprint density at radius 3 is 2.25 bits per heavy atom. The fraction of sp³-hybridized carbons (Fsp3) is 0.214. The molecule has 2 heterocycles. The van der Waals surface area contributed by atoms with E-state index < -0.39 is 0 Å². The van der Waals surface area contributed by atoms with Crippen LogP contribution < -0.4 is 9.80 Å². The summed E-state index contributed by atoms with van der Waals surface area (Å²) in [5, 5.41) is 0. The molecule has 0 radical (unpaired) electrons. The maximum absolute atomic E-state index is 13.9. The van der Waals surface area contributed by atoms with Gasteiger partial charge in [0.05, 0.1) is 11.3 Å². The molecule has 3 aromatic carbocycles. The van der Waals surface area contributed by atoms with Crippen LogP contribution in [0.25, 0.3) is 5.57 Å². The van der Waals surface area contributed by atoms with Crippen LogP contribution in [-0.2, 0) is 16.0 Å². The summed E-state index contributed by atoms with van der Waals surface area (Å²) in [7, 11) is 0. The molecule has 0 aromatic heterocycles. The van der Waals surface area contributed by atoms with Crippen LogP contribution in [0.15, 0.2) is 66.4 Å². The van der Waals surface area contributed by atoms with Crippen LogP contribution in [0.3, 0.4) is 0 Å². The van der Waals surface area contributed by atoms with E-state index in [4.69, 9.17) is 0 Å². The molecule has 2 aliphatic rings. The van der Waals surface area contributed by atoms with Crippen molar-refractivity contribution in [2.45, 2.75) is 34.1 Å². The van der Waals surface area contributed by atoms with Crippen molar-refractivity contribution in [3.63, 3.8) is 0 Å². The Morgan fingerprint density at radius 2 is 1.47 bits per heavy atom. The Labute approximate surface area is 188 Å². The number of imide groups is 1. The summed E-state index contributed by atoms with van der Waals surface area (Å²) in [5.74, 6) is -0.514. The molecule has 0 fully saturated rings. The average molecular weight is 423 g/mol. The predicted octanol–water partition coefficient (Wildman–Crippen LogP) is 5.27. The lowest BCUT2D eigenvalue weighted by Gasteiger charge is -2.22. The number of aryl methyl sites for hydroxylation is 3. The van der Waals surface area contributed by atoms with Crippen molar-refractivity contribution in [1.29, 1.82) is 0 Å². The molecule has 2 aliphatic heterocycles. The van der Waals surface area contributed by atoms with Crippen LogP contribution in [-0.4, -0.2) is 18.4 Å². The van der Waals surface area contributed by atoms with Gasteiger partial charge < -0.3 is 4.90 Å². The predicted molar refractivity (Wildman–Crippen MR) is 129 cm³/mol. The summed E-state index contributed by atoms with van der Waals surface area (Å²) in [6, 6.07) is 19.9. The number of carbonyl (C=O) groups is 2. The third-order valence-electron chi connectivity index (χ3n) is 6.83. The Morgan fingerprint density at radius 1 is 0.719 bits per heavy atom. The van der Waals surface area contributed by atoms with Crippen molar-refractivity contribution >= 4 is 28.8 Å². The number of anilines is 2. The molecule has 0 saturated heterocycles. The second-order valence-corrected chi connectivity index (χ2v) is 8.72. The minimum absolute atomic E-state index is 0.256. The molecule has 2 amide bonds. The van der Waals surface area contributed by atoms with E-state index in [9.17, 15) is 9.59 Å². The molecular formula is C28H26N2O2. The molecule has 4 heteroatoms. The first kappa shape index (κ1) is 20.3. The molecule has 0 N–H and O–H groups in total. The topological polar surface area (TPSA) is 40.6 Å². The SMILES string of the molecule is Cc1ccc(C2=C(N3CCc4ccccc43)C(=O)N(c3cccc(C)c3C)C2=O)cc1C. The van der Waals surface area contributed by atoms with E-state index >= 15 is 0 Å². The zero-order chi connectivity index (χ0) is 22.6. The van der Waals surface area contributed by atoms with Gasteiger partial charge in [0.1, 0.15) is 5.70 Å². The lowest BCUT2D eigenvalue weighted by Crippen LogP contribution is -2.35. The summed E-state index contributed by atoms with van der Waals surface area (Å²) in [5.41, 5.74) is 8.86. The van der Waals surface area contributed by atoms with Gasteiger partial charge in [-0.3, -0.25) is 9.59 Å². The maximum atomic E-state index is 13.9. The van der Waals surface area contributed by atoms with Crippen molar-refractivity contribution in [3.8, 4) is 0 Å². The first-order valence-corrected chi connectivity index (χ1v) is 11.0. The summed E-state index contributed by atoms with van der Waals surface area (Å²) in [6.45, 7) is 8.73. The fourth-order valence-electron chi connectivity index (χ4n) is 4.69. The smallest absolute Gasteiger partial charge is 0.282 e. The largest absolute Gasteiger partial charge is 0.336 e. The summed E-state index contributed by atoms with van der Waals surface area (Å²) >= 11 is 0. The van der Waals surface area contributed by atoms with E-state index in [1.54, 1.807) is 0 Å². The van der Waals surface area contributed by atoms with Crippen molar-refractivity contribution in [2.24, 2.45) is 0 Å². The number of fused-ring (bicyclic) bond motifs is 1. The molecule has 3 aromatic rings. The highest BCUT2D eigenvalue weighted by Gasteiger charge is 2.44. The molecule has 0 saturated carbocycles. The van der Waals surface area contributed by atoms with E-state index in [1.807, 2.05) is 80.3 Å². The van der Waals surface area contributed by atoms with Gasteiger partial charge in [0, 0.05) is 12.2 Å². The zero-order valence-corrected chi connectivity index (χ0v) is 18.9. The fourth-order valence-corrected chi connectivity index (χ4v) is 4.69. The number of nitrogens with zero attached hydrogens (tertiary/aromatic N) is 2. The average Bonchev–Trinajstić information content (AvgIpc) is 3.30. The molecular weight excluding hydrogens is 396 g/mol. The first-order valence-electron chi connectivity index (χ1n) is 11.0. The van der Waals surface area contributed by atoms with E-state index in [0.29, 0.717) is 23.5 Å². The lowest BCUT2D eigenvalue weighted by atomic mass is 9.99. The van der Waals surface area contributed by atoms with Crippen LogP contribution in [0.1, 0.15) is 33.4 Å². The van der Waals surface area contributed by atoms with Gasteiger partial charge in [0.2, 0.25) is 0 Å². The minimum Gasteiger partial charge on any atom is -0.336 e. The van der Waals surface area contributed by atoms with Gasteiger partial charge in [0.15, 0.2) is 0 Å². The van der Waals surface area contributed by atoms with Gasteiger partial charge >= 0.3 is 0 Å². The Hall–Kier alpha value is -3.66. The zero-order valence-electron chi connectivity index (χ0n) is 18.9. The molecule has 0 unspecified atom stereocenters. The first-order chi connectivity index (χ1) is 15.4. The number of hydrogen-bond acceptors (Lipinski definition) is 3. The summed E-state index contributed by atoms with van der Waals surface area (Å²) in [4.78, 5) is 31.2. The van der Waals surface area contributed by atoms with Gasteiger partial charge in [-0.25, -0.2) is 4.90 Å². The summed E-state index contributed by atoms with van der Waals surface area (Å²) < 4.78 is 0. The van der Waals surface area contributed by atoms with Crippen LogP contribution in [0.5, 0.6) is 0 Å². The lowest BCUT2D eigenvalue weighted by molar-refractivity contribution is -0.120. The third-order valence-corrected chi connectivity index (χ3v) is 6.83. The number of rotatable bonds is 3. The highest BCUT2D eigenvalue weighted by molar-refractivity contribution is 6.46. The van der Waals surface area contributed by atoms with E-state index in [0.717, 1.165) is 39.9 Å². The van der Waals surface area contributed by atoms with Gasteiger partial charge in [-0.1, -0.05) is 48.5 Å². The standard InChI is InChI=1S/C28H26N2O2/c1-17-12-13-22(16-19(17)3)25-26(29-15-14-21-9-5-6-10-24(21)29)28(32)30(27(25)31)23-11-7-8-18(2)20(23)4/h5-13,16H,14-15H2,1-4H3. The number of benzene rings is 3. The van der Waals surface area contributed by atoms with E-state index in [-0.39, 0.29) is 11.8 Å². The molecule has 0 spiro atoms. The molecule has 160 valence electrons. The van der Waals surface area contributed by atoms with Crippen molar-refractivity contribution < 1.29 is 9.59 Å². The maximum Gasteiger partial charge on any atom is 0.282 e. The van der Waals surface area contributed by atoms with Crippen molar-refractivity contribution in [1.82, 2.24) is 0 Å². The molecule has 0 bridgehead atoms. The molecule has 32 heavy (non-hydrogen) atoms.